The van der Waals surface area contributed by atoms with Crippen LogP contribution in [-0.2, 0) is 11.2 Å². The molecule has 0 spiro atoms. The molecule has 2 heterocycles. The summed E-state index contributed by atoms with van der Waals surface area (Å²) in [4.78, 5) is 0. The van der Waals surface area contributed by atoms with E-state index >= 15 is 0 Å². The standard InChI is InChI=1S/C14H21NO3/c1-10-14(16,6-8-17-10)9-15-12-3-2-4-13-11(12)5-7-18-13/h5,7,10,12,15-16H,2-4,6,8-9H2,1H3. The van der Waals surface area contributed by atoms with Crippen LogP contribution in [0, 0.1) is 0 Å². The Bertz CT molecular complexity index is 417. The number of nitrogens with one attached hydrogen (secondary N) is 1. The van der Waals surface area contributed by atoms with Crippen molar-refractivity contribution in [2.75, 3.05) is 13.2 Å². The molecule has 1 aromatic heterocycles. The Morgan fingerprint density at radius 1 is 1.56 bits per heavy atom. The summed E-state index contributed by atoms with van der Waals surface area (Å²) in [7, 11) is 0. The summed E-state index contributed by atoms with van der Waals surface area (Å²) < 4.78 is 10.9. The third-order valence-corrected chi connectivity index (χ3v) is 4.37. The fourth-order valence-electron chi connectivity index (χ4n) is 3.00. The third-order valence-electron chi connectivity index (χ3n) is 4.37. The number of ether oxygens (including phenoxy) is 1. The van der Waals surface area contributed by atoms with Crippen LogP contribution in [0.1, 0.15) is 43.6 Å². The van der Waals surface area contributed by atoms with Gasteiger partial charge in [-0.1, -0.05) is 0 Å². The van der Waals surface area contributed by atoms with Crippen molar-refractivity contribution in [2.24, 2.45) is 0 Å². The van der Waals surface area contributed by atoms with Gasteiger partial charge in [0.15, 0.2) is 0 Å². The molecule has 3 rings (SSSR count). The number of hydrogen-bond donors (Lipinski definition) is 2. The van der Waals surface area contributed by atoms with Crippen LogP contribution in [0.2, 0.25) is 0 Å². The van der Waals surface area contributed by atoms with Crippen LogP contribution in [0.4, 0.5) is 0 Å². The van der Waals surface area contributed by atoms with E-state index in [9.17, 15) is 5.11 Å². The van der Waals surface area contributed by atoms with Gasteiger partial charge in [0, 0.05) is 37.6 Å². The molecular formula is C14H21NO3. The van der Waals surface area contributed by atoms with E-state index in [2.05, 4.69) is 5.32 Å². The molecule has 3 atom stereocenters. The monoisotopic (exact) mass is 251 g/mol. The number of hydrogen-bond acceptors (Lipinski definition) is 4. The van der Waals surface area contributed by atoms with Gasteiger partial charge < -0.3 is 19.6 Å². The van der Waals surface area contributed by atoms with Crippen LogP contribution >= 0.6 is 0 Å². The van der Waals surface area contributed by atoms with Gasteiger partial charge in [0.05, 0.1) is 12.4 Å². The van der Waals surface area contributed by atoms with Crippen LogP contribution in [0.25, 0.3) is 0 Å². The van der Waals surface area contributed by atoms with Crippen LogP contribution < -0.4 is 5.32 Å². The lowest BCUT2D eigenvalue weighted by molar-refractivity contribution is -0.0280. The minimum absolute atomic E-state index is 0.0857. The number of aryl methyl sites for hydroxylation is 1. The molecule has 4 heteroatoms. The van der Waals surface area contributed by atoms with Crippen molar-refractivity contribution in [3.05, 3.63) is 23.7 Å². The molecule has 1 fully saturated rings. The molecule has 1 aliphatic carbocycles. The van der Waals surface area contributed by atoms with Gasteiger partial charge in [-0.3, -0.25) is 0 Å². The molecule has 100 valence electrons. The summed E-state index contributed by atoms with van der Waals surface area (Å²) in [6.45, 7) is 3.18. The third kappa shape index (κ3) is 2.09. The van der Waals surface area contributed by atoms with E-state index in [4.69, 9.17) is 9.15 Å². The highest BCUT2D eigenvalue weighted by molar-refractivity contribution is 5.24. The maximum Gasteiger partial charge on any atom is 0.108 e. The van der Waals surface area contributed by atoms with Crippen molar-refractivity contribution in [3.63, 3.8) is 0 Å². The molecular weight excluding hydrogens is 230 g/mol. The number of fused-ring (bicyclic) bond motifs is 1. The second-order valence-electron chi connectivity index (χ2n) is 5.49. The van der Waals surface area contributed by atoms with E-state index in [1.165, 1.54) is 5.56 Å². The fraction of sp³-hybridized carbons (Fsp3) is 0.714. The Kier molecular flexibility index (Phi) is 3.18. The summed E-state index contributed by atoms with van der Waals surface area (Å²) in [5.41, 5.74) is 0.540. The molecule has 0 aromatic carbocycles. The highest BCUT2D eigenvalue weighted by Crippen LogP contribution is 2.32. The van der Waals surface area contributed by atoms with Crippen molar-refractivity contribution in [1.29, 1.82) is 0 Å². The lowest BCUT2D eigenvalue weighted by atomic mass is 9.91. The zero-order chi connectivity index (χ0) is 12.6. The molecule has 0 saturated carbocycles. The van der Waals surface area contributed by atoms with E-state index in [1.807, 2.05) is 13.0 Å². The molecule has 1 aliphatic heterocycles. The molecule has 4 nitrogen and oxygen atoms in total. The lowest BCUT2D eigenvalue weighted by Crippen LogP contribution is -2.47. The average Bonchev–Trinajstić information content (AvgIpc) is 2.95. The molecule has 0 radical (unpaired) electrons. The normalized spacial score (nSPS) is 35.7. The topological polar surface area (TPSA) is 54.6 Å². The highest BCUT2D eigenvalue weighted by Gasteiger charge is 2.40. The SMILES string of the molecule is CC1OCCC1(O)CNC1CCCc2occc21. The zero-order valence-corrected chi connectivity index (χ0v) is 10.8. The summed E-state index contributed by atoms with van der Waals surface area (Å²) in [6, 6.07) is 2.36. The first-order chi connectivity index (χ1) is 8.69. The van der Waals surface area contributed by atoms with Gasteiger partial charge >= 0.3 is 0 Å². The second kappa shape index (κ2) is 4.68. The molecule has 2 N–H and O–H groups in total. The predicted molar refractivity (Wildman–Crippen MR) is 67.4 cm³/mol. The van der Waals surface area contributed by atoms with E-state index in [-0.39, 0.29) is 6.10 Å². The Hall–Kier alpha value is -0.840. The molecule has 3 unspecified atom stereocenters. The Morgan fingerprint density at radius 3 is 3.22 bits per heavy atom. The number of rotatable bonds is 3. The summed E-state index contributed by atoms with van der Waals surface area (Å²) in [5.74, 6) is 1.10. The number of furan rings is 1. The number of aliphatic hydroxyl groups is 1. The second-order valence-corrected chi connectivity index (χ2v) is 5.49. The lowest BCUT2D eigenvalue weighted by Gasteiger charge is -2.30. The van der Waals surface area contributed by atoms with Gasteiger partial charge in [-0.25, -0.2) is 0 Å². The van der Waals surface area contributed by atoms with Gasteiger partial charge in [0.1, 0.15) is 11.4 Å². The summed E-state index contributed by atoms with van der Waals surface area (Å²) in [5, 5.41) is 14.0. The molecule has 0 amide bonds. The largest absolute Gasteiger partial charge is 0.469 e. The first kappa shape index (κ1) is 12.2. The Morgan fingerprint density at radius 2 is 2.44 bits per heavy atom. The van der Waals surface area contributed by atoms with Crippen molar-refractivity contribution >= 4 is 0 Å². The minimum Gasteiger partial charge on any atom is -0.469 e. The minimum atomic E-state index is -0.721. The summed E-state index contributed by atoms with van der Waals surface area (Å²) in [6.07, 6.45) is 5.68. The average molecular weight is 251 g/mol. The van der Waals surface area contributed by atoms with Gasteiger partial charge in [-0.15, -0.1) is 0 Å². The molecule has 2 aliphatic rings. The van der Waals surface area contributed by atoms with Crippen molar-refractivity contribution in [1.82, 2.24) is 5.32 Å². The zero-order valence-electron chi connectivity index (χ0n) is 10.8. The van der Waals surface area contributed by atoms with E-state index in [0.29, 0.717) is 25.6 Å². The molecule has 1 saturated heterocycles. The van der Waals surface area contributed by atoms with E-state index in [0.717, 1.165) is 25.0 Å². The van der Waals surface area contributed by atoms with E-state index < -0.39 is 5.60 Å². The fourth-order valence-corrected chi connectivity index (χ4v) is 3.00. The van der Waals surface area contributed by atoms with Gasteiger partial charge in [-0.2, -0.15) is 0 Å². The smallest absolute Gasteiger partial charge is 0.108 e. The Labute approximate surface area is 107 Å². The van der Waals surface area contributed by atoms with Crippen molar-refractivity contribution in [2.45, 2.75) is 50.4 Å². The Balaban J connectivity index is 1.65. The maximum atomic E-state index is 10.5. The van der Waals surface area contributed by atoms with Crippen molar-refractivity contribution < 1.29 is 14.3 Å². The molecule has 18 heavy (non-hydrogen) atoms. The maximum absolute atomic E-state index is 10.5. The molecule has 0 bridgehead atoms. The van der Waals surface area contributed by atoms with Crippen LogP contribution in [-0.4, -0.2) is 30.0 Å². The predicted octanol–water partition coefficient (Wildman–Crippen LogP) is 1.79. The first-order valence-corrected chi connectivity index (χ1v) is 6.83. The van der Waals surface area contributed by atoms with Gasteiger partial charge in [0.2, 0.25) is 0 Å². The van der Waals surface area contributed by atoms with Gasteiger partial charge in [-0.05, 0) is 25.8 Å². The molecule has 1 aromatic rings. The summed E-state index contributed by atoms with van der Waals surface area (Å²) >= 11 is 0. The van der Waals surface area contributed by atoms with Crippen LogP contribution in [0.15, 0.2) is 16.7 Å². The van der Waals surface area contributed by atoms with E-state index in [1.54, 1.807) is 6.26 Å². The van der Waals surface area contributed by atoms with Crippen LogP contribution in [0.5, 0.6) is 0 Å². The van der Waals surface area contributed by atoms with Crippen molar-refractivity contribution in [3.8, 4) is 0 Å². The van der Waals surface area contributed by atoms with Crippen LogP contribution in [0.3, 0.4) is 0 Å². The quantitative estimate of drug-likeness (QED) is 0.860. The van der Waals surface area contributed by atoms with Gasteiger partial charge in [0.25, 0.3) is 0 Å². The highest BCUT2D eigenvalue weighted by atomic mass is 16.5. The first-order valence-electron chi connectivity index (χ1n) is 6.83.